The molecule has 28 heavy (non-hydrogen) atoms. The molecular formula is C21H26N4O3. The molecule has 0 radical (unpaired) electrons. The molecule has 148 valence electrons. The predicted molar refractivity (Wildman–Crippen MR) is 107 cm³/mol. The van der Waals surface area contributed by atoms with Crippen molar-refractivity contribution in [3.63, 3.8) is 0 Å². The Balaban J connectivity index is 1.40. The Morgan fingerprint density at radius 2 is 1.93 bits per heavy atom. The molecule has 2 heterocycles. The quantitative estimate of drug-likeness (QED) is 0.829. The number of pyridine rings is 1. The van der Waals surface area contributed by atoms with Gasteiger partial charge in [-0.3, -0.25) is 4.79 Å². The van der Waals surface area contributed by atoms with Gasteiger partial charge in [-0.1, -0.05) is 30.3 Å². The average molecular weight is 382 g/mol. The van der Waals surface area contributed by atoms with E-state index in [1.807, 2.05) is 30.3 Å². The number of hydrogen-bond donors (Lipinski definition) is 2. The first kappa shape index (κ1) is 19.7. The van der Waals surface area contributed by atoms with Crippen LogP contribution in [0.3, 0.4) is 0 Å². The highest BCUT2D eigenvalue weighted by Crippen LogP contribution is 2.18. The van der Waals surface area contributed by atoms with E-state index in [4.69, 9.17) is 10.5 Å². The Bertz CT molecular complexity index is 797. The van der Waals surface area contributed by atoms with Crippen LogP contribution in [-0.4, -0.2) is 41.5 Å². The molecule has 0 aliphatic carbocycles. The molecule has 7 heteroatoms. The molecule has 1 saturated heterocycles. The van der Waals surface area contributed by atoms with Crippen LogP contribution < -0.4 is 11.1 Å². The average Bonchev–Trinajstić information content (AvgIpc) is 2.70. The fourth-order valence-electron chi connectivity index (χ4n) is 3.29. The molecule has 0 atom stereocenters. The predicted octanol–water partition coefficient (Wildman–Crippen LogP) is 2.75. The van der Waals surface area contributed by atoms with E-state index in [1.165, 1.54) is 0 Å². The van der Waals surface area contributed by atoms with Gasteiger partial charge in [0, 0.05) is 30.9 Å². The van der Waals surface area contributed by atoms with Crippen molar-refractivity contribution in [3.05, 3.63) is 59.3 Å². The van der Waals surface area contributed by atoms with Crippen molar-refractivity contribution in [1.82, 2.24) is 15.2 Å². The van der Waals surface area contributed by atoms with E-state index in [-0.39, 0.29) is 18.6 Å². The SMILES string of the molecule is Cc1cc(C(=O)NCC2CCN(C(=O)OCc3ccccc3)CC2)cc(N)n1. The van der Waals surface area contributed by atoms with Gasteiger partial charge in [0.1, 0.15) is 12.4 Å². The Morgan fingerprint density at radius 1 is 1.21 bits per heavy atom. The van der Waals surface area contributed by atoms with E-state index in [2.05, 4.69) is 10.3 Å². The van der Waals surface area contributed by atoms with Crippen molar-refractivity contribution in [2.75, 3.05) is 25.4 Å². The third kappa shape index (κ3) is 5.45. The Morgan fingerprint density at radius 3 is 2.61 bits per heavy atom. The van der Waals surface area contributed by atoms with Crippen LogP contribution in [0.4, 0.5) is 10.6 Å². The molecule has 2 amide bonds. The number of nitrogen functional groups attached to an aromatic ring is 1. The van der Waals surface area contributed by atoms with Crippen LogP contribution in [0.2, 0.25) is 0 Å². The third-order valence-corrected chi connectivity index (χ3v) is 4.86. The standard InChI is InChI=1S/C21H26N4O3/c1-15-11-18(12-19(22)24-15)20(26)23-13-16-7-9-25(10-8-16)21(27)28-14-17-5-3-2-4-6-17/h2-6,11-12,16H,7-10,13-14H2,1H3,(H2,22,24)(H,23,26). The first-order valence-electron chi connectivity index (χ1n) is 9.49. The molecule has 1 aromatic carbocycles. The largest absolute Gasteiger partial charge is 0.445 e. The summed E-state index contributed by atoms with van der Waals surface area (Å²) in [5, 5.41) is 2.96. The molecule has 1 aromatic heterocycles. The second-order valence-corrected chi connectivity index (χ2v) is 7.10. The molecule has 7 nitrogen and oxygen atoms in total. The summed E-state index contributed by atoms with van der Waals surface area (Å²) < 4.78 is 5.38. The number of aryl methyl sites for hydroxylation is 1. The number of likely N-dealkylation sites (tertiary alicyclic amines) is 1. The lowest BCUT2D eigenvalue weighted by Gasteiger charge is -2.31. The molecule has 1 aliphatic heterocycles. The first-order valence-corrected chi connectivity index (χ1v) is 9.49. The summed E-state index contributed by atoms with van der Waals surface area (Å²) in [5.41, 5.74) is 7.91. The van der Waals surface area contributed by atoms with Gasteiger partial charge in [-0.15, -0.1) is 0 Å². The Labute approximate surface area is 164 Å². The van der Waals surface area contributed by atoms with Gasteiger partial charge in [-0.25, -0.2) is 9.78 Å². The number of nitrogens with one attached hydrogen (secondary N) is 1. The second-order valence-electron chi connectivity index (χ2n) is 7.10. The monoisotopic (exact) mass is 382 g/mol. The highest BCUT2D eigenvalue weighted by Gasteiger charge is 2.24. The van der Waals surface area contributed by atoms with Gasteiger partial charge in [0.05, 0.1) is 0 Å². The number of nitrogens with two attached hydrogens (primary N) is 1. The lowest BCUT2D eigenvalue weighted by atomic mass is 9.97. The van der Waals surface area contributed by atoms with Crippen LogP contribution in [0.1, 0.15) is 34.5 Å². The lowest BCUT2D eigenvalue weighted by molar-refractivity contribution is 0.0801. The van der Waals surface area contributed by atoms with E-state index in [1.54, 1.807) is 24.0 Å². The topological polar surface area (TPSA) is 97.5 Å². The number of rotatable bonds is 5. The summed E-state index contributed by atoms with van der Waals surface area (Å²) in [4.78, 5) is 30.3. The van der Waals surface area contributed by atoms with Crippen molar-refractivity contribution in [1.29, 1.82) is 0 Å². The number of aromatic nitrogens is 1. The van der Waals surface area contributed by atoms with E-state index >= 15 is 0 Å². The minimum atomic E-state index is -0.283. The van der Waals surface area contributed by atoms with E-state index < -0.39 is 0 Å². The fraction of sp³-hybridized carbons (Fsp3) is 0.381. The first-order chi connectivity index (χ1) is 13.5. The van der Waals surface area contributed by atoms with Gasteiger partial charge in [0.25, 0.3) is 5.91 Å². The van der Waals surface area contributed by atoms with Crippen LogP contribution >= 0.6 is 0 Å². The van der Waals surface area contributed by atoms with Crippen molar-refractivity contribution in [3.8, 4) is 0 Å². The van der Waals surface area contributed by atoms with Crippen molar-refractivity contribution in [2.45, 2.75) is 26.4 Å². The Kier molecular flexibility index (Phi) is 6.47. The highest BCUT2D eigenvalue weighted by atomic mass is 16.6. The third-order valence-electron chi connectivity index (χ3n) is 4.86. The summed E-state index contributed by atoms with van der Waals surface area (Å²) in [5.74, 6) is 0.525. The van der Waals surface area contributed by atoms with E-state index in [0.29, 0.717) is 42.6 Å². The fourth-order valence-corrected chi connectivity index (χ4v) is 3.29. The summed E-state index contributed by atoms with van der Waals surface area (Å²) in [6.45, 7) is 3.93. The van der Waals surface area contributed by atoms with E-state index in [9.17, 15) is 9.59 Å². The number of ether oxygens (including phenoxy) is 1. The molecular weight excluding hydrogens is 356 g/mol. The number of piperidine rings is 1. The second kappa shape index (κ2) is 9.21. The maximum Gasteiger partial charge on any atom is 0.410 e. The molecule has 3 rings (SSSR count). The minimum absolute atomic E-state index is 0.151. The normalized spacial score (nSPS) is 14.5. The van der Waals surface area contributed by atoms with Gasteiger partial charge in [0.2, 0.25) is 0 Å². The van der Waals surface area contributed by atoms with Gasteiger partial charge < -0.3 is 20.7 Å². The molecule has 1 fully saturated rings. The zero-order valence-electron chi connectivity index (χ0n) is 16.1. The molecule has 2 aromatic rings. The zero-order chi connectivity index (χ0) is 19.9. The molecule has 0 unspecified atom stereocenters. The van der Waals surface area contributed by atoms with Crippen LogP contribution in [0.25, 0.3) is 0 Å². The van der Waals surface area contributed by atoms with Gasteiger partial charge >= 0.3 is 6.09 Å². The summed E-state index contributed by atoms with van der Waals surface area (Å²) in [6, 6.07) is 12.9. The lowest BCUT2D eigenvalue weighted by Crippen LogP contribution is -2.41. The van der Waals surface area contributed by atoms with Crippen LogP contribution in [-0.2, 0) is 11.3 Å². The number of hydrogen-bond acceptors (Lipinski definition) is 5. The number of benzene rings is 1. The molecule has 3 N–H and O–H groups in total. The molecule has 0 spiro atoms. The van der Waals surface area contributed by atoms with Crippen molar-refractivity contribution >= 4 is 17.8 Å². The summed E-state index contributed by atoms with van der Waals surface area (Å²) in [6.07, 6.45) is 1.38. The number of carbonyl (C=O) groups is 2. The highest BCUT2D eigenvalue weighted by molar-refractivity contribution is 5.94. The molecule has 1 aliphatic rings. The summed E-state index contributed by atoms with van der Waals surface area (Å²) in [7, 11) is 0. The van der Waals surface area contributed by atoms with Gasteiger partial charge in [-0.05, 0) is 43.4 Å². The number of amides is 2. The van der Waals surface area contributed by atoms with E-state index in [0.717, 1.165) is 18.4 Å². The molecule has 0 saturated carbocycles. The van der Waals surface area contributed by atoms with Crippen LogP contribution in [0.5, 0.6) is 0 Å². The van der Waals surface area contributed by atoms with Gasteiger partial charge in [-0.2, -0.15) is 0 Å². The number of nitrogens with zero attached hydrogens (tertiary/aromatic N) is 2. The zero-order valence-corrected chi connectivity index (χ0v) is 16.1. The number of anilines is 1. The van der Waals surface area contributed by atoms with Crippen molar-refractivity contribution < 1.29 is 14.3 Å². The van der Waals surface area contributed by atoms with Crippen LogP contribution in [0, 0.1) is 12.8 Å². The van der Waals surface area contributed by atoms with Crippen LogP contribution in [0.15, 0.2) is 42.5 Å². The molecule has 0 bridgehead atoms. The number of carbonyl (C=O) groups excluding carboxylic acids is 2. The minimum Gasteiger partial charge on any atom is -0.445 e. The summed E-state index contributed by atoms with van der Waals surface area (Å²) >= 11 is 0. The maximum atomic E-state index is 12.3. The maximum absolute atomic E-state index is 12.3. The smallest absolute Gasteiger partial charge is 0.410 e. The Hall–Kier alpha value is -3.09. The van der Waals surface area contributed by atoms with Crippen molar-refractivity contribution in [2.24, 2.45) is 5.92 Å². The van der Waals surface area contributed by atoms with Gasteiger partial charge in [0.15, 0.2) is 0 Å².